The van der Waals surface area contributed by atoms with E-state index in [9.17, 15) is 0 Å². The molecule has 3 heteroatoms. The fraction of sp³-hybridized carbons (Fsp3) is 0.800. The summed E-state index contributed by atoms with van der Waals surface area (Å²) in [6.45, 7) is 3.95. The Bertz CT molecular complexity index is 241. The highest BCUT2D eigenvalue weighted by Gasteiger charge is 1.92. The number of rotatable bonds is 11. The highest BCUT2D eigenvalue weighted by molar-refractivity contribution is 5.77. The molecule has 0 rings (SSSR count). The second-order valence-corrected chi connectivity index (χ2v) is 4.62. The van der Waals surface area contributed by atoms with E-state index in [0.29, 0.717) is 5.96 Å². The van der Waals surface area contributed by atoms with Crippen molar-refractivity contribution >= 4 is 5.96 Å². The second-order valence-electron chi connectivity index (χ2n) is 4.62. The largest absolute Gasteiger partial charge is 0.370 e. The van der Waals surface area contributed by atoms with Crippen molar-refractivity contribution in [2.75, 3.05) is 13.1 Å². The summed E-state index contributed by atoms with van der Waals surface area (Å²) in [7, 11) is 0. The van der Waals surface area contributed by atoms with Crippen LogP contribution in [0.5, 0.6) is 0 Å². The van der Waals surface area contributed by atoms with Crippen molar-refractivity contribution < 1.29 is 0 Å². The van der Waals surface area contributed by atoms with E-state index in [1.807, 2.05) is 0 Å². The average Bonchev–Trinajstić information content (AvgIpc) is 2.37. The van der Waals surface area contributed by atoms with Crippen LogP contribution >= 0.6 is 0 Å². The molecule has 0 aliphatic rings. The predicted octanol–water partition coefficient (Wildman–Crippen LogP) is 3.05. The number of hydrogen-bond acceptors (Lipinski definition) is 1. The van der Waals surface area contributed by atoms with E-state index in [-0.39, 0.29) is 0 Å². The quantitative estimate of drug-likeness (QED) is 0.257. The summed E-state index contributed by atoms with van der Waals surface area (Å²) < 4.78 is 0. The maximum Gasteiger partial charge on any atom is 0.188 e. The average molecular weight is 251 g/mol. The first-order valence-corrected chi connectivity index (χ1v) is 7.28. The molecule has 3 nitrogen and oxygen atoms in total. The number of hydrogen-bond donors (Lipinski definition) is 2. The van der Waals surface area contributed by atoms with Crippen LogP contribution in [-0.4, -0.2) is 19.0 Å². The summed E-state index contributed by atoms with van der Waals surface area (Å²) >= 11 is 0. The summed E-state index contributed by atoms with van der Waals surface area (Å²) in [6.07, 6.45) is 15.9. The molecule has 0 unspecified atom stereocenters. The molecule has 0 radical (unpaired) electrons. The van der Waals surface area contributed by atoms with Gasteiger partial charge in [-0.3, -0.25) is 4.99 Å². The molecule has 0 aliphatic heterocycles. The lowest BCUT2D eigenvalue weighted by atomic mass is 10.1. The van der Waals surface area contributed by atoms with E-state index in [0.717, 1.165) is 32.4 Å². The Balaban J connectivity index is 3.27. The monoisotopic (exact) mass is 251 g/mol. The summed E-state index contributed by atoms with van der Waals surface area (Å²) in [5, 5.41) is 3.15. The van der Waals surface area contributed by atoms with Gasteiger partial charge in [0.15, 0.2) is 5.96 Å². The minimum atomic E-state index is 0.573. The first-order valence-electron chi connectivity index (χ1n) is 7.28. The first kappa shape index (κ1) is 16.8. The Morgan fingerprint density at radius 1 is 1.11 bits per heavy atom. The van der Waals surface area contributed by atoms with E-state index in [1.165, 1.54) is 38.5 Å². The maximum atomic E-state index is 5.75. The SMILES string of the molecule is C#CCCCCN=C(N)NCCCCCCCC. The molecule has 0 bridgehead atoms. The van der Waals surface area contributed by atoms with Gasteiger partial charge < -0.3 is 11.1 Å². The van der Waals surface area contributed by atoms with Crippen LogP contribution in [0.3, 0.4) is 0 Å². The summed E-state index contributed by atoms with van der Waals surface area (Å²) in [5.74, 6) is 3.20. The molecular formula is C15H29N3. The van der Waals surface area contributed by atoms with Gasteiger partial charge in [0.25, 0.3) is 0 Å². The molecule has 0 aromatic rings. The number of nitrogens with two attached hydrogens (primary N) is 1. The first-order chi connectivity index (χ1) is 8.81. The molecule has 0 saturated heterocycles. The lowest BCUT2D eigenvalue weighted by Crippen LogP contribution is -2.32. The van der Waals surface area contributed by atoms with Gasteiger partial charge in [-0.1, -0.05) is 39.0 Å². The molecule has 3 N–H and O–H groups in total. The minimum absolute atomic E-state index is 0.573. The predicted molar refractivity (Wildman–Crippen MR) is 80.6 cm³/mol. The fourth-order valence-electron chi connectivity index (χ4n) is 1.72. The van der Waals surface area contributed by atoms with Crippen LogP contribution in [0, 0.1) is 12.3 Å². The molecule has 104 valence electrons. The highest BCUT2D eigenvalue weighted by Crippen LogP contribution is 2.03. The third-order valence-corrected chi connectivity index (χ3v) is 2.85. The molecular weight excluding hydrogens is 222 g/mol. The van der Waals surface area contributed by atoms with E-state index in [4.69, 9.17) is 12.2 Å². The van der Waals surface area contributed by atoms with Crippen LogP contribution in [0.2, 0.25) is 0 Å². The number of guanidine groups is 1. The van der Waals surface area contributed by atoms with E-state index in [1.54, 1.807) is 0 Å². The minimum Gasteiger partial charge on any atom is -0.370 e. The van der Waals surface area contributed by atoms with Crippen molar-refractivity contribution in [2.45, 2.75) is 64.7 Å². The van der Waals surface area contributed by atoms with Crippen molar-refractivity contribution in [3.8, 4) is 12.3 Å². The molecule has 18 heavy (non-hydrogen) atoms. The standard InChI is InChI=1S/C15H29N3/c1-3-5-7-9-10-12-14-18-15(16)17-13-11-8-6-4-2/h2H,3,5-14H2,1H3,(H3,16,17,18). The van der Waals surface area contributed by atoms with Crippen molar-refractivity contribution in [1.82, 2.24) is 5.32 Å². The topological polar surface area (TPSA) is 50.4 Å². The smallest absolute Gasteiger partial charge is 0.188 e. The van der Waals surface area contributed by atoms with Crippen LogP contribution in [0.1, 0.15) is 64.7 Å². The summed E-state index contributed by atoms with van der Waals surface area (Å²) in [5.41, 5.74) is 5.75. The Labute approximate surface area is 113 Å². The zero-order chi connectivity index (χ0) is 13.5. The molecule has 0 amide bonds. The third kappa shape index (κ3) is 12.9. The zero-order valence-electron chi connectivity index (χ0n) is 11.9. The lowest BCUT2D eigenvalue weighted by Gasteiger charge is -2.05. The van der Waals surface area contributed by atoms with Crippen molar-refractivity contribution in [3.63, 3.8) is 0 Å². The van der Waals surface area contributed by atoms with Gasteiger partial charge in [-0.2, -0.15) is 0 Å². The number of nitrogens with one attached hydrogen (secondary N) is 1. The molecule has 0 fully saturated rings. The van der Waals surface area contributed by atoms with Gasteiger partial charge >= 0.3 is 0 Å². The second kappa shape index (κ2) is 13.9. The number of nitrogens with zero attached hydrogens (tertiary/aromatic N) is 1. The van der Waals surface area contributed by atoms with Crippen LogP contribution in [0.15, 0.2) is 4.99 Å². The van der Waals surface area contributed by atoms with Gasteiger partial charge in [-0.25, -0.2) is 0 Å². The molecule has 0 spiro atoms. The normalized spacial score (nSPS) is 11.2. The van der Waals surface area contributed by atoms with E-state index >= 15 is 0 Å². The van der Waals surface area contributed by atoms with Crippen LogP contribution in [-0.2, 0) is 0 Å². The van der Waals surface area contributed by atoms with Crippen molar-refractivity contribution in [1.29, 1.82) is 0 Å². The van der Waals surface area contributed by atoms with Crippen molar-refractivity contribution in [2.24, 2.45) is 10.7 Å². The highest BCUT2D eigenvalue weighted by atomic mass is 15.1. The van der Waals surface area contributed by atoms with Gasteiger partial charge in [0.2, 0.25) is 0 Å². The molecule has 0 saturated carbocycles. The number of aliphatic imine (C=N–C) groups is 1. The van der Waals surface area contributed by atoms with Gasteiger partial charge in [-0.15, -0.1) is 12.3 Å². The van der Waals surface area contributed by atoms with E-state index in [2.05, 4.69) is 23.2 Å². The lowest BCUT2D eigenvalue weighted by molar-refractivity contribution is 0.601. The zero-order valence-corrected chi connectivity index (χ0v) is 11.9. The molecule has 0 atom stereocenters. The van der Waals surface area contributed by atoms with Crippen LogP contribution in [0.4, 0.5) is 0 Å². The number of terminal acetylenes is 1. The maximum absolute atomic E-state index is 5.75. The Kier molecular flexibility index (Phi) is 13.0. The van der Waals surface area contributed by atoms with Gasteiger partial charge in [0.1, 0.15) is 0 Å². The fourth-order valence-corrected chi connectivity index (χ4v) is 1.72. The Morgan fingerprint density at radius 3 is 2.56 bits per heavy atom. The number of unbranched alkanes of at least 4 members (excludes halogenated alkanes) is 7. The molecule has 0 aliphatic carbocycles. The summed E-state index contributed by atoms with van der Waals surface area (Å²) in [6, 6.07) is 0. The summed E-state index contributed by atoms with van der Waals surface area (Å²) in [4.78, 5) is 4.26. The van der Waals surface area contributed by atoms with Gasteiger partial charge in [0, 0.05) is 19.5 Å². The van der Waals surface area contributed by atoms with Crippen LogP contribution in [0.25, 0.3) is 0 Å². The van der Waals surface area contributed by atoms with E-state index < -0.39 is 0 Å². The Morgan fingerprint density at radius 2 is 1.83 bits per heavy atom. The van der Waals surface area contributed by atoms with Gasteiger partial charge in [-0.05, 0) is 19.3 Å². The molecule has 0 aromatic heterocycles. The molecule has 0 heterocycles. The van der Waals surface area contributed by atoms with Crippen molar-refractivity contribution in [3.05, 3.63) is 0 Å². The Hall–Kier alpha value is -1.17. The van der Waals surface area contributed by atoms with Crippen LogP contribution < -0.4 is 11.1 Å². The third-order valence-electron chi connectivity index (χ3n) is 2.85. The van der Waals surface area contributed by atoms with Gasteiger partial charge in [0.05, 0.1) is 0 Å². The molecule has 0 aromatic carbocycles.